The summed E-state index contributed by atoms with van der Waals surface area (Å²) in [6.07, 6.45) is 4.28. The van der Waals surface area contributed by atoms with Crippen molar-refractivity contribution in [2.24, 2.45) is 11.8 Å². The highest BCUT2D eigenvalue weighted by Crippen LogP contribution is 2.46. The molecule has 5 heteroatoms. The van der Waals surface area contributed by atoms with Gasteiger partial charge in [0.15, 0.2) is 0 Å². The quantitative estimate of drug-likeness (QED) is 0.688. The molecule has 2 aliphatic heterocycles. The third-order valence-electron chi connectivity index (χ3n) is 6.69. The predicted octanol–water partition coefficient (Wildman–Crippen LogP) is 3.60. The number of carbonyl (C=O) groups excluding carboxylic acids is 1. The van der Waals surface area contributed by atoms with Crippen LogP contribution in [0.2, 0.25) is 0 Å². The van der Waals surface area contributed by atoms with Gasteiger partial charge in [-0.1, -0.05) is 30.3 Å². The van der Waals surface area contributed by atoms with Crippen molar-refractivity contribution in [3.63, 3.8) is 0 Å². The molecular formula is C24H28N4O. The van der Waals surface area contributed by atoms with Gasteiger partial charge in [-0.3, -0.25) is 9.69 Å². The summed E-state index contributed by atoms with van der Waals surface area (Å²) < 4.78 is 2.12. The van der Waals surface area contributed by atoms with E-state index in [1.165, 1.54) is 16.7 Å². The number of imidazole rings is 1. The summed E-state index contributed by atoms with van der Waals surface area (Å²) in [7, 11) is 0. The first-order valence-corrected chi connectivity index (χ1v) is 10.5. The van der Waals surface area contributed by atoms with Crippen LogP contribution in [0, 0.1) is 25.7 Å². The van der Waals surface area contributed by atoms with E-state index in [0.717, 1.165) is 37.5 Å². The molecule has 3 aromatic rings. The van der Waals surface area contributed by atoms with Crippen molar-refractivity contribution < 1.29 is 4.79 Å². The second-order valence-corrected chi connectivity index (χ2v) is 8.79. The molecule has 0 N–H and O–H groups in total. The van der Waals surface area contributed by atoms with E-state index in [2.05, 4.69) is 76.8 Å². The maximum atomic E-state index is 12.4. The van der Waals surface area contributed by atoms with Crippen molar-refractivity contribution in [2.75, 3.05) is 19.6 Å². The molecule has 0 saturated carbocycles. The molecule has 5 rings (SSSR count). The van der Waals surface area contributed by atoms with Gasteiger partial charge in [0.1, 0.15) is 5.65 Å². The number of aryl methyl sites for hydroxylation is 2. The Labute approximate surface area is 172 Å². The fraction of sp³-hybridized carbons (Fsp3) is 0.417. The average Bonchev–Trinajstić information content (AvgIpc) is 3.34. The lowest BCUT2D eigenvalue weighted by Crippen LogP contribution is -2.34. The Kier molecular flexibility index (Phi) is 4.43. The van der Waals surface area contributed by atoms with Crippen LogP contribution in [-0.2, 0) is 11.3 Å². The normalized spacial score (nSPS) is 24.4. The molecule has 2 saturated heterocycles. The largest absolute Gasteiger partial charge is 0.335 e. The molecule has 0 spiro atoms. The monoisotopic (exact) mass is 388 g/mol. The highest BCUT2D eigenvalue weighted by atomic mass is 16.2. The van der Waals surface area contributed by atoms with Gasteiger partial charge in [0, 0.05) is 51.4 Å². The van der Waals surface area contributed by atoms with Crippen LogP contribution in [0.25, 0.3) is 5.65 Å². The summed E-state index contributed by atoms with van der Waals surface area (Å²) >= 11 is 0. The van der Waals surface area contributed by atoms with Gasteiger partial charge in [0.05, 0.1) is 11.7 Å². The molecule has 0 unspecified atom stereocenters. The Balaban J connectivity index is 1.38. The molecule has 1 aromatic carbocycles. The van der Waals surface area contributed by atoms with Crippen molar-refractivity contribution >= 4 is 11.6 Å². The van der Waals surface area contributed by atoms with Crippen LogP contribution in [0.3, 0.4) is 0 Å². The predicted molar refractivity (Wildman–Crippen MR) is 113 cm³/mol. The standard InChI is InChI=1S/C24H28N4O/c1-16-8-9-23-25-20(14-27(23)10-16)13-26-11-19-12-28(18(3)29)24(22(19)15-26)21-7-5-4-6-17(21)2/h4-10,14,19,22,24H,11-13,15H2,1-3H3/t19-,22-,24+/m1/s1. The number of likely N-dealkylation sites (tertiary alicyclic amines) is 2. The van der Waals surface area contributed by atoms with E-state index in [1.54, 1.807) is 6.92 Å². The first kappa shape index (κ1) is 18.4. The smallest absolute Gasteiger partial charge is 0.219 e. The lowest BCUT2D eigenvalue weighted by Gasteiger charge is -2.30. The van der Waals surface area contributed by atoms with Crippen LogP contribution in [0.4, 0.5) is 0 Å². The van der Waals surface area contributed by atoms with Crippen LogP contribution < -0.4 is 0 Å². The lowest BCUT2D eigenvalue weighted by atomic mass is 9.87. The van der Waals surface area contributed by atoms with Crippen LogP contribution >= 0.6 is 0 Å². The Morgan fingerprint density at radius 1 is 1.07 bits per heavy atom. The van der Waals surface area contributed by atoms with E-state index in [9.17, 15) is 4.79 Å². The SMILES string of the molecule is CC(=O)N1C[C@H]2CN(Cc3cn4cc(C)ccc4n3)C[C@H]2[C@@H]1c1ccccc1C. The number of nitrogens with zero attached hydrogens (tertiary/aromatic N) is 4. The summed E-state index contributed by atoms with van der Waals surface area (Å²) in [5.74, 6) is 1.21. The zero-order valence-electron chi connectivity index (χ0n) is 17.4. The van der Waals surface area contributed by atoms with Crippen molar-refractivity contribution in [1.82, 2.24) is 19.2 Å². The Bertz CT molecular complexity index is 1070. The number of aromatic nitrogens is 2. The highest BCUT2D eigenvalue weighted by Gasteiger charge is 2.48. The summed E-state index contributed by atoms with van der Waals surface area (Å²) in [5.41, 5.74) is 5.94. The lowest BCUT2D eigenvalue weighted by molar-refractivity contribution is -0.130. The van der Waals surface area contributed by atoms with E-state index in [1.807, 2.05) is 0 Å². The first-order valence-electron chi connectivity index (χ1n) is 10.5. The second-order valence-electron chi connectivity index (χ2n) is 8.79. The molecule has 29 heavy (non-hydrogen) atoms. The summed E-state index contributed by atoms with van der Waals surface area (Å²) in [5, 5.41) is 0. The fourth-order valence-electron chi connectivity index (χ4n) is 5.37. The molecule has 150 valence electrons. The minimum absolute atomic E-state index is 0.187. The number of fused-ring (bicyclic) bond motifs is 2. The van der Waals surface area contributed by atoms with E-state index in [0.29, 0.717) is 11.8 Å². The maximum absolute atomic E-state index is 12.4. The van der Waals surface area contributed by atoms with Gasteiger partial charge < -0.3 is 9.30 Å². The molecule has 1 amide bonds. The number of carbonyl (C=O) groups is 1. The van der Waals surface area contributed by atoms with Gasteiger partial charge in [-0.15, -0.1) is 0 Å². The van der Waals surface area contributed by atoms with Gasteiger partial charge in [-0.05, 0) is 42.5 Å². The van der Waals surface area contributed by atoms with Crippen molar-refractivity contribution in [1.29, 1.82) is 0 Å². The first-order chi connectivity index (χ1) is 14.0. The minimum atomic E-state index is 0.187. The number of pyridine rings is 1. The van der Waals surface area contributed by atoms with E-state index in [-0.39, 0.29) is 11.9 Å². The molecule has 3 atom stereocenters. The van der Waals surface area contributed by atoms with Crippen LogP contribution in [0.15, 0.2) is 48.8 Å². The Morgan fingerprint density at radius 3 is 2.69 bits per heavy atom. The van der Waals surface area contributed by atoms with Crippen molar-refractivity contribution in [3.05, 3.63) is 71.2 Å². The molecule has 0 radical (unpaired) electrons. The molecule has 0 bridgehead atoms. The summed E-state index contributed by atoms with van der Waals surface area (Å²) in [6.45, 7) is 9.75. The Hall–Kier alpha value is -2.66. The van der Waals surface area contributed by atoms with Crippen LogP contribution in [0.1, 0.15) is 35.3 Å². The molecule has 2 aromatic heterocycles. The van der Waals surface area contributed by atoms with Crippen molar-refractivity contribution in [2.45, 2.75) is 33.4 Å². The molecular weight excluding hydrogens is 360 g/mol. The van der Waals surface area contributed by atoms with Gasteiger partial charge >= 0.3 is 0 Å². The zero-order chi connectivity index (χ0) is 20.1. The third-order valence-corrected chi connectivity index (χ3v) is 6.69. The summed E-state index contributed by atoms with van der Waals surface area (Å²) in [4.78, 5) is 21.8. The third kappa shape index (κ3) is 3.23. The van der Waals surface area contributed by atoms with Crippen LogP contribution in [-0.4, -0.2) is 44.7 Å². The van der Waals surface area contributed by atoms with Gasteiger partial charge in [-0.25, -0.2) is 4.98 Å². The second kappa shape index (κ2) is 6.99. The van der Waals surface area contributed by atoms with Crippen molar-refractivity contribution in [3.8, 4) is 0 Å². The number of rotatable bonds is 3. The topological polar surface area (TPSA) is 40.9 Å². The number of benzene rings is 1. The highest BCUT2D eigenvalue weighted by molar-refractivity contribution is 5.74. The maximum Gasteiger partial charge on any atom is 0.219 e. The van der Waals surface area contributed by atoms with Gasteiger partial charge in [-0.2, -0.15) is 0 Å². The summed E-state index contributed by atoms with van der Waals surface area (Å²) in [6, 6.07) is 12.9. The van der Waals surface area contributed by atoms with Gasteiger partial charge in [0.2, 0.25) is 5.91 Å². The molecule has 0 aliphatic carbocycles. The minimum Gasteiger partial charge on any atom is -0.335 e. The van der Waals surface area contributed by atoms with Crippen LogP contribution in [0.5, 0.6) is 0 Å². The fourth-order valence-corrected chi connectivity index (χ4v) is 5.37. The number of amides is 1. The van der Waals surface area contributed by atoms with Gasteiger partial charge in [0.25, 0.3) is 0 Å². The van der Waals surface area contributed by atoms with E-state index >= 15 is 0 Å². The average molecular weight is 389 g/mol. The van der Waals surface area contributed by atoms with E-state index in [4.69, 9.17) is 4.98 Å². The number of hydrogen-bond donors (Lipinski definition) is 0. The number of hydrogen-bond acceptors (Lipinski definition) is 3. The molecule has 2 fully saturated rings. The molecule has 5 nitrogen and oxygen atoms in total. The molecule has 4 heterocycles. The van der Waals surface area contributed by atoms with E-state index < -0.39 is 0 Å². The molecule has 2 aliphatic rings. The Morgan fingerprint density at radius 2 is 1.90 bits per heavy atom. The zero-order valence-corrected chi connectivity index (χ0v) is 17.4.